The highest BCUT2D eigenvalue weighted by atomic mass is 16.2. The summed E-state index contributed by atoms with van der Waals surface area (Å²) in [5.41, 5.74) is 2.59. The molecule has 5 amide bonds. The summed E-state index contributed by atoms with van der Waals surface area (Å²) in [6.07, 6.45) is 4.51. The second kappa shape index (κ2) is 7.28. The molecule has 0 radical (unpaired) electrons. The maximum atomic E-state index is 12.9. The third-order valence-corrected chi connectivity index (χ3v) is 6.71. The number of fused-ring (bicyclic) bond motifs is 2. The minimum Gasteiger partial charge on any atom is -0.325 e. The third kappa shape index (κ3) is 3.54. The quantitative estimate of drug-likeness (QED) is 0.611. The van der Waals surface area contributed by atoms with Crippen molar-refractivity contribution in [2.45, 2.75) is 52.5 Å². The number of aryl methyl sites for hydroxylation is 2. The molecule has 0 aromatic heterocycles. The maximum absolute atomic E-state index is 12.9. The standard InChI is InChI=1S/C22H27N3O4/c1-12-6-13(2)8-17(7-12)23-19(26)11-24-20(27)21(28)25(22(24)29)14(3)18-10-15-4-5-16(18)9-15/h6-8,14-16,18H,4-5,9-11H2,1-3H3,(H,23,26). The average molecular weight is 397 g/mol. The van der Waals surface area contributed by atoms with Crippen molar-refractivity contribution in [2.75, 3.05) is 11.9 Å². The highest BCUT2D eigenvalue weighted by molar-refractivity contribution is 6.45. The van der Waals surface area contributed by atoms with Crippen molar-refractivity contribution in [3.8, 4) is 0 Å². The molecule has 2 bridgehead atoms. The zero-order chi connectivity index (χ0) is 20.9. The summed E-state index contributed by atoms with van der Waals surface area (Å²) in [5.74, 6) is -0.786. The monoisotopic (exact) mass is 397 g/mol. The molecule has 1 aliphatic heterocycles. The molecule has 4 unspecified atom stereocenters. The highest BCUT2D eigenvalue weighted by Gasteiger charge is 2.52. The molecule has 154 valence electrons. The number of amides is 5. The topological polar surface area (TPSA) is 86.8 Å². The van der Waals surface area contributed by atoms with Crippen LogP contribution in [-0.4, -0.2) is 46.1 Å². The molecule has 4 atom stereocenters. The van der Waals surface area contributed by atoms with Gasteiger partial charge >= 0.3 is 17.8 Å². The fourth-order valence-corrected chi connectivity index (χ4v) is 5.49. The number of imide groups is 2. The Morgan fingerprint density at radius 2 is 1.76 bits per heavy atom. The summed E-state index contributed by atoms with van der Waals surface area (Å²) in [7, 11) is 0. The van der Waals surface area contributed by atoms with Crippen LogP contribution in [-0.2, 0) is 14.4 Å². The Bertz CT molecular complexity index is 876. The third-order valence-electron chi connectivity index (χ3n) is 6.71. The number of nitrogens with zero attached hydrogens (tertiary/aromatic N) is 2. The Morgan fingerprint density at radius 3 is 2.34 bits per heavy atom. The first kappa shape index (κ1) is 19.6. The normalized spacial score (nSPS) is 27.1. The van der Waals surface area contributed by atoms with Gasteiger partial charge in [0.25, 0.3) is 0 Å². The Labute approximate surface area is 170 Å². The van der Waals surface area contributed by atoms with Crippen LogP contribution in [0.25, 0.3) is 0 Å². The van der Waals surface area contributed by atoms with Gasteiger partial charge in [0.1, 0.15) is 6.54 Å². The van der Waals surface area contributed by atoms with Crippen LogP contribution >= 0.6 is 0 Å². The van der Waals surface area contributed by atoms with Gasteiger partial charge in [0, 0.05) is 11.7 Å². The first-order chi connectivity index (χ1) is 13.7. The molecule has 1 aromatic rings. The van der Waals surface area contributed by atoms with E-state index in [2.05, 4.69) is 5.32 Å². The van der Waals surface area contributed by atoms with Gasteiger partial charge in [0.2, 0.25) is 5.91 Å². The van der Waals surface area contributed by atoms with Crippen LogP contribution in [0, 0.1) is 31.6 Å². The van der Waals surface area contributed by atoms with Gasteiger partial charge in [-0.15, -0.1) is 0 Å². The number of anilines is 1. The number of rotatable bonds is 5. The smallest absolute Gasteiger partial charge is 0.325 e. The average Bonchev–Trinajstić information content (AvgIpc) is 3.32. The van der Waals surface area contributed by atoms with E-state index in [9.17, 15) is 19.2 Å². The van der Waals surface area contributed by atoms with Crippen molar-refractivity contribution in [2.24, 2.45) is 17.8 Å². The first-order valence-corrected chi connectivity index (χ1v) is 10.3. The Hall–Kier alpha value is -2.70. The van der Waals surface area contributed by atoms with Crippen molar-refractivity contribution in [3.05, 3.63) is 29.3 Å². The number of carbonyl (C=O) groups excluding carboxylic acids is 4. The van der Waals surface area contributed by atoms with Crippen molar-refractivity contribution in [1.82, 2.24) is 9.80 Å². The molecule has 1 aromatic carbocycles. The van der Waals surface area contributed by atoms with Crippen molar-refractivity contribution >= 4 is 29.4 Å². The summed E-state index contributed by atoms with van der Waals surface area (Å²) in [4.78, 5) is 52.1. The molecule has 2 saturated carbocycles. The summed E-state index contributed by atoms with van der Waals surface area (Å²) in [6, 6.07) is 4.62. The predicted molar refractivity (Wildman–Crippen MR) is 107 cm³/mol. The fraction of sp³-hybridized carbons (Fsp3) is 0.545. The van der Waals surface area contributed by atoms with E-state index in [4.69, 9.17) is 0 Å². The lowest BCUT2D eigenvalue weighted by Gasteiger charge is -2.32. The van der Waals surface area contributed by atoms with E-state index < -0.39 is 30.3 Å². The molecule has 1 saturated heterocycles. The van der Waals surface area contributed by atoms with Gasteiger partial charge in [0.05, 0.1) is 0 Å². The lowest BCUT2D eigenvalue weighted by atomic mass is 9.83. The molecule has 2 aliphatic carbocycles. The zero-order valence-corrected chi connectivity index (χ0v) is 17.1. The molecular formula is C22H27N3O4. The number of carbonyl (C=O) groups is 4. The van der Waals surface area contributed by atoms with Gasteiger partial charge in [0.15, 0.2) is 0 Å². The second-order valence-electron chi connectivity index (χ2n) is 8.85. The molecule has 3 aliphatic rings. The van der Waals surface area contributed by atoms with Crippen LogP contribution in [0.5, 0.6) is 0 Å². The van der Waals surface area contributed by atoms with Crippen LogP contribution in [0.3, 0.4) is 0 Å². The largest absolute Gasteiger partial charge is 0.334 e. The van der Waals surface area contributed by atoms with Crippen LogP contribution in [0.1, 0.15) is 43.7 Å². The lowest BCUT2D eigenvalue weighted by molar-refractivity contribution is -0.144. The molecule has 7 nitrogen and oxygen atoms in total. The highest BCUT2D eigenvalue weighted by Crippen LogP contribution is 2.50. The Balaban J connectivity index is 1.44. The molecule has 4 rings (SSSR count). The predicted octanol–water partition coefficient (Wildman–Crippen LogP) is 2.86. The van der Waals surface area contributed by atoms with Crippen LogP contribution in [0.4, 0.5) is 10.5 Å². The van der Waals surface area contributed by atoms with E-state index >= 15 is 0 Å². The van der Waals surface area contributed by atoms with E-state index in [1.807, 2.05) is 39.0 Å². The fourth-order valence-electron chi connectivity index (χ4n) is 5.49. The summed E-state index contributed by atoms with van der Waals surface area (Å²) < 4.78 is 0. The molecule has 0 spiro atoms. The number of nitrogens with one attached hydrogen (secondary N) is 1. The van der Waals surface area contributed by atoms with Crippen LogP contribution in [0.15, 0.2) is 18.2 Å². The van der Waals surface area contributed by atoms with Gasteiger partial charge in [-0.2, -0.15) is 0 Å². The number of hydrogen-bond donors (Lipinski definition) is 1. The number of urea groups is 1. The van der Waals surface area contributed by atoms with E-state index in [-0.39, 0.29) is 12.0 Å². The van der Waals surface area contributed by atoms with E-state index in [0.717, 1.165) is 40.2 Å². The molecular weight excluding hydrogens is 370 g/mol. The summed E-state index contributed by atoms with van der Waals surface area (Å²) in [5, 5.41) is 2.71. The SMILES string of the molecule is Cc1cc(C)cc(NC(=O)CN2C(=O)C(=O)N(C(C)C3CC4CCC3C4)C2=O)c1. The molecule has 1 heterocycles. The van der Waals surface area contributed by atoms with Gasteiger partial charge in [-0.3, -0.25) is 19.3 Å². The lowest BCUT2D eigenvalue weighted by Crippen LogP contribution is -2.45. The van der Waals surface area contributed by atoms with E-state index in [0.29, 0.717) is 17.5 Å². The van der Waals surface area contributed by atoms with Crippen LogP contribution in [0.2, 0.25) is 0 Å². The molecule has 29 heavy (non-hydrogen) atoms. The summed E-state index contributed by atoms with van der Waals surface area (Å²) >= 11 is 0. The number of benzene rings is 1. The zero-order valence-electron chi connectivity index (χ0n) is 17.1. The van der Waals surface area contributed by atoms with E-state index in [1.54, 1.807) is 0 Å². The second-order valence-corrected chi connectivity index (χ2v) is 8.85. The van der Waals surface area contributed by atoms with Crippen molar-refractivity contribution in [3.63, 3.8) is 0 Å². The van der Waals surface area contributed by atoms with Gasteiger partial charge in [-0.25, -0.2) is 9.69 Å². The Morgan fingerprint density at radius 1 is 1.07 bits per heavy atom. The Kier molecular flexibility index (Phi) is 4.92. The molecule has 1 N–H and O–H groups in total. The van der Waals surface area contributed by atoms with Crippen molar-refractivity contribution in [1.29, 1.82) is 0 Å². The van der Waals surface area contributed by atoms with Gasteiger partial charge < -0.3 is 5.32 Å². The van der Waals surface area contributed by atoms with Crippen LogP contribution < -0.4 is 5.32 Å². The minimum atomic E-state index is -0.916. The first-order valence-electron chi connectivity index (χ1n) is 10.3. The molecule has 3 fully saturated rings. The number of hydrogen-bond acceptors (Lipinski definition) is 4. The van der Waals surface area contributed by atoms with Crippen molar-refractivity contribution < 1.29 is 19.2 Å². The summed E-state index contributed by atoms with van der Waals surface area (Å²) in [6.45, 7) is 5.23. The maximum Gasteiger partial charge on any atom is 0.334 e. The molecule has 7 heteroatoms. The minimum absolute atomic E-state index is 0.249. The van der Waals surface area contributed by atoms with E-state index in [1.165, 1.54) is 6.42 Å². The van der Waals surface area contributed by atoms with Gasteiger partial charge in [-0.1, -0.05) is 12.5 Å². The van der Waals surface area contributed by atoms with Gasteiger partial charge in [-0.05, 0) is 81.0 Å².